The van der Waals surface area contributed by atoms with Crippen molar-refractivity contribution in [1.82, 2.24) is 24.4 Å². The predicted octanol–water partition coefficient (Wildman–Crippen LogP) is 5.14. The van der Waals surface area contributed by atoms with Crippen LogP contribution in [-0.4, -0.2) is 69.2 Å². The second-order valence-electron chi connectivity index (χ2n) is 10.4. The Kier molecular flexibility index (Phi) is 7.78. The van der Waals surface area contributed by atoms with Crippen LogP contribution in [0.25, 0.3) is 16.9 Å². The zero-order valence-corrected chi connectivity index (χ0v) is 22.9. The lowest BCUT2D eigenvalue weighted by Gasteiger charge is -2.37. The molecule has 0 saturated carbocycles. The molecule has 1 unspecified atom stereocenters. The number of nitrogens with zero attached hydrogens (tertiary/aromatic N) is 6. The van der Waals surface area contributed by atoms with Crippen LogP contribution in [0.3, 0.4) is 0 Å². The number of morpholine rings is 1. The van der Waals surface area contributed by atoms with Crippen LogP contribution in [-0.2, 0) is 9.53 Å². The third-order valence-corrected chi connectivity index (χ3v) is 7.73. The minimum Gasteiger partial charge on any atom is -0.378 e. The maximum Gasteiger partial charge on any atom is 0.296 e. The minimum absolute atomic E-state index is 0.00350. The van der Waals surface area contributed by atoms with E-state index in [9.17, 15) is 13.6 Å². The van der Waals surface area contributed by atoms with E-state index >= 15 is 0 Å². The molecule has 0 spiro atoms. The summed E-state index contributed by atoms with van der Waals surface area (Å²) >= 11 is 0. The molecule has 2 aromatic heterocycles. The molecule has 2 fully saturated rings. The Labute approximate surface area is 237 Å². The molecule has 1 amide bonds. The summed E-state index contributed by atoms with van der Waals surface area (Å²) in [6, 6.07) is 18.1. The van der Waals surface area contributed by atoms with E-state index in [4.69, 9.17) is 9.72 Å². The molecule has 6 rings (SSSR count). The van der Waals surface area contributed by atoms with E-state index in [-0.39, 0.29) is 23.7 Å². The van der Waals surface area contributed by atoms with Gasteiger partial charge in [0.1, 0.15) is 17.7 Å². The highest BCUT2D eigenvalue weighted by Crippen LogP contribution is 2.32. The topological polar surface area (TPSA) is 88.4 Å². The van der Waals surface area contributed by atoms with Crippen LogP contribution in [0.15, 0.2) is 60.7 Å². The maximum atomic E-state index is 14.2. The lowest BCUT2D eigenvalue weighted by Crippen LogP contribution is -2.45. The van der Waals surface area contributed by atoms with Gasteiger partial charge in [0.25, 0.3) is 6.43 Å². The average Bonchev–Trinajstić information content (AvgIpc) is 3.42. The summed E-state index contributed by atoms with van der Waals surface area (Å²) in [4.78, 5) is 31.3. The third kappa shape index (κ3) is 5.58. The monoisotopic (exact) mass is 561 g/mol. The number of halogens is 2. The molecule has 0 aliphatic carbocycles. The van der Waals surface area contributed by atoms with Crippen LogP contribution in [0, 0.1) is 0 Å². The summed E-state index contributed by atoms with van der Waals surface area (Å²) in [5, 5.41) is 3.20. The largest absolute Gasteiger partial charge is 0.378 e. The van der Waals surface area contributed by atoms with Crippen LogP contribution in [0.5, 0.6) is 0 Å². The molecule has 9 nitrogen and oxygen atoms in total. The van der Waals surface area contributed by atoms with Crippen molar-refractivity contribution >= 4 is 28.7 Å². The molecule has 4 heterocycles. The molecule has 11 heteroatoms. The van der Waals surface area contributed by atoms with Gasteiger partial charge < -0.3 is 19.9 Å². The van der Waals surface area contributed by atoms with Gasteiger partial charge in [0.05, 0.1) is 30.3 Å². The maximum absolute atomic E-state index is 14.2. The lowest BCUT2D eigenvalue weighted by molar-refractivity contribution is -0.135. The number of hydrogen-bond donors (Lipinski definition) is 1. The standard InChI is InChI=1S/C30H33F2N7O2/c1-20(29(40)38-14-8-7-12-23(38)21-9-3-2-4-10-21)33-30-35-25(37-15-17-41-18-16-37)19-26(36-30)39-24-13-6-5-11-22(24)34-28(39)27(31)32/h2-6,9-11,13,19-20,23,27H,7-8,12,14-18H2,1H3,(H,33,35,36)/t20-,23?/m0/s1. The van der Waals surface area contributed by atoms with Gasteiger partial charge in [-0.1, -0.05) is 42.5 Å². The Morgan fingerprint density at radius 3 is 2.46 bits per heavy atom. The van der Waals surface area contributed by atoms with Crippen LogP contribution in [0.4, 0.5) is 20.5 Å². The number of imidazole rings is 1. The number of fused-ring (bicyclic) bond motifs is 1. The van der Waals surface area contributed by atoms with Gasteiger partial charge in [-0.05, 0) is 43.9 Å². The van der Waals surface area contributed by atoms with Gasteiger partial charge in [-0.3, -0.25) is 9.36 Å². The number of hydrogen-bond acceptors (Lipinski definition) is 7. The number of carbonyl (C=O) groups is 1. The fourth-order valence-corrected chi connectivity index (χ4v) is 5.71. The Balaban J connectivity index is 1.35. The normalized spacial score (nSPS) is 18.6. The Morgan fingerprint density at radius 1 is 0.951 bits per heavy atom. The number of carbonyl (C=O) groups excluding carboxylic acids is 1. The number of piperidine rings is 1. The van der Waals surface area contributed by atoms with Gasteiger partial charge in [-0.25, -0.2) is 13.8 Å². The molecule has 2 aliphatic rings. The highest BCUT2D eigenvalue weighted by molar-refractivity contribution is 5.84. The van der Waals surface area contributed by atoms with Crippen molar-refractivity contribution in [3.63, 3.8) is 0 Å². The summed E-state index contributed by atoms with van der Waals surface area (Å²) in [6.07, 6.45) is 0.0961. The van der Waals surface area contributed by atoms with Gasteiger partial charge in [-0.15, -0.1) is 0 Å². The molecule has 2 saturated heterocycles. The van der Waals surface area contributed by atoms with Gasteiger partial charge >= 0.3 is 0 Å². The molecule has 2 aromatic carbocycles. The van der Waals surface area contributed by atoms with Crippen molar-refractivity contribution in [1.29, 1.82) is 0 Å². The number of ether oxygens (including phenoxy) is 1. The lowest BCUT2D eigenvalue weighted by atomic mass is 9.94. The van der Waals surface area contributed by atoms with Crippen LogP contribution >= 0.6 is 0 Å². The van der Waals surface area contributed by atoms with Gasteiger partial charge in [-0.2, -0.15) is 9.97 Å². The first-order chi connectivity index (χ1) is 20.0. The number of amides is 1. The van der Waals surface area contributed by atoms with E-state index in [1.54, 1.807) is 37.3 Å². The number of aromatic nitrogens is 4. The number of benzene rings is 2. The minimum atomic E-state index is -2.81. The van der Waals surface area contributed by atoms with Gasteiger partial charge in [0.15, 0.2) is 5.82 Å². The summed E-state index contributed by atoms with van der Waals surface area (Å²) in [6.45, 7) is 4.72. The van der Waals surface area contributed by atoms with E-state index in [0.717, 1.165) is 24.8 Å². The Hall–Kier alpha value is -4.12. The van der Waals surface area contributed by atoms with Crippen LogP contribution < -0.4 is 10.2 Å². The first-order valence-corrected chi connectivity index (χ1v) is 14.1. The summed E-state index contributed by atoms with van der Waals surface area (Å²) in [5.41, 5.74) is 2.08. The summed E-state index contributed by atoms with van der Waals surface area (Å²) in [7, 11) is 0. The first-order valence-electron chi connectivity index (χ1n) is 14.1. The predicted molar refractivity (Wildman–Crippen MR) is 152 cm³/mol. The number of rotatable bonds is 7. The van der Waals surface area contributed by atoms with Crippen molar-refractivity contribution in [2.45, 2.75) is 44.7 Å². The quantitative estimate of drug-likeness (QED) is 0.334. The number of alkyl halides is 2. The fraction of sp³-hybridized carbons (Fsp3) is 0.400. The van der Waals surface area contributed by atoms with Gasteiger partial charge in [0.2, 0.25) is 11.9 Å². The molecule has 4 aromatic rings. The third-order valence-electron chi connectivity index (χ3n) is 7.73. The van der Waals surface area contributed by atoms with Crippen molar-refractivity contribution in [3.05, 3.63) is 72.1 Å². The second-order valence-corrected chi connectivity index (χ2v) is 10.4. The molecule has 0 radical (unpaired) electrons. The van der Waals surface area contributed by atoms with E-state index < -0.39 is 18.3 Å². The molecule has 0 bridgehead atoms. The Bertz CT molecular complexity index is 1510. The van der Waals surface area contributed by atoms with Crippen molar-refractivity contribution in [2.75, 3.05) is 43.1 Å². The van der Waals surface area contributed by atoms with E-state index in [2.05, 4.69) is 27.4 Å². The van der Waals surface area contributed by atoms with Crippen molar-refractivity contribution < 1.29 is 18.3 Å². The number of nitrogens with one attached hydrogen (secondary N) is 1. The molecule has 1 N–H and O–H groups in total. The SMILES string of the molecule is C[C@H](Nc1nc(N2CCOCC2)cc(-n2c(C(F)F)nc3ccccc32)n1)C(=O)N1CCCCC1c1ccccc1. The smallest absolute Gasteiger partial charge is 0.296 e. The number of anilines is 2. The second kappa shape index (κ2) is 11.8. The fourth-order valence-electron chi connectivity index (χ4n) is 5.71. The molecule has 214 valence electrons. The zero-order valence-electron chi connectivity index (χ0n) is 22.9. The van der Waals surface area contributed by atoms with Crippen molar-refractivity contribution in [2.24, 2.45) is 0 Å². The molecule has 2 aliphatic heterocycles. The molecular formula is C30H33F2N7O2. The summed E-state index contributed by atoms with van der Waals surface area (Å²) < 4.78 is 35.3. The van der Waals surface area contributed by atoms with Gasteiger partial charge in [0, 0.05) is 25.7 Å². The van der Waals surface area contributed by atoms with Crippen molar-refractivity contribution in [3.8, 4) is 5.82 Å². The molecule has 2 atom stereocenters. The van der Waals surface area contributed by atoms with E-state index in [0.29, 0.717) is 49.7 Å². The van der Waals surface area contributed by atoms with Crippen LogP contribution in [0.2, 0.25) is 0 Å². The highest BCUT2D eigenvalue weighted by atomic mass is 19.3. The van der Waals surface area contributed by atoms with E-state index in [1.165, 1.54) is 4.57 Å². The summed E-state index contributed by atoms with van der Waals surface area (Å²) in [5.74, 6) is 0.566. The van der Waals surface area contributed by atoms with E-state index in [1.807, 2.05) is 28.0 Å². The average molecular weight is 562 g/mol. The zero-order chi connectivity index (χ0) is 28.3. The Morgan fingerprint density at radius 2 is 1.68 bits per heavy atom. The molecule has 41 heavy (non-hydrogen) atoms. The molecular weight excluding hydrogens is 528 g/mol. The first kappa shape index (κ1) is 27.1. The number of likely N-dealkylation sites (tertiary alicyclic amines) is 1. The van der Waals surface area contributed by atoms with Crippen LogP contribution in [0.1, 0.15) is 50.0 Å². The highest BCUT2D eigenvalue weighted by Gasteiger charge is 2.31. The number of para-hydroxylation sites is 2.